The lowest BCUT2D eigenvalue weighted by Crippen LogP contribution is -2.54. The minimum atomic E-state index is -1.15. The first kappa shape index (κ1) is 21.3. The molecule has 28 heavy (non-hydrogen) atoms. The number of alkyl carbamates (subject to hydrolysis) is 1. The molecule has 0 radical (unpaired) electrons. The zero-order chi connectivity index (χ0) is 20.4. The summed E-state index contributed by atoms with van der Waals surface area (Å²) in [6.45, 7) is -1.41. The summed E-state index contributed by atoms with van der Waals surface area (Å²) in [4.78, 5) is 48.8. The molecule has 1 heterocycles. The third-order valence-corrected chi connectivity index (χ3v) is 4.33. The van der Waals surface area contributed by atoms with Crippen LogP contribution in [0.3, 0.4) is 0 Å². The Morgan fingerprint density at radius 1 is 1.07 bits per heavy atom. The Bertz CT molecular complexity index is 698. The number of halogens is 1. The maximum atomic E-state index is 12.4. The number of rotatable bonds is 8. The highest BCUT2D eigenvalue weighted by Gasteiger charge is 2.32. The summed E-state index contributed by atoms with van der Waals surface area (Å²) in [5, 5.41) is 4.74. The van der Waals surface area contributed by atoms with Gasteiger partial charge in [0.2, 0.25) is 11.8 Å². The molecule has 2 rings (SSSR count). The number of ketones is 1. The Kier molecular flexibility index (Phi) is 8.38. The number of ether oxygens (including phenoxy) is 1. The maximum Gasteiger partial charge on any atom is 0.407 e. The van der Waals surface area contributed by atoms with Crippen molar-refractivity contribution in [3.63, 3.8) is 0 Å². The van der Waals surface area contributed by atoms with Crippen LogP contribution >= 0.6 is 0 Å². The van der Waals surface area contributed by atoms with Crippen molar-refractivity contribution in [2.75, 3.05) is 26.3 Å². The standard InChI is InChI=1S/C19H24FN3O5/c20-10-15(24)11-21-18(26)16-8-4-5-9-23(16)17(25)12-22-19(27)28-13-14-6-2-1-3-7-14/h1-3,6-7,16H,4-5,8-13H2,(H,21,26)(H,22,27). The van der Waals surface area contributed by atoms with Gasteiger partial charge in [0, 0.05) is 6.54 Å². The number of nitrogens with zero attached hydrogens (tertiary/aromatic N) is 1. The monoisotopic (exact) mass is 393 g/mol. The van der Waals surface area contributed by atoms with Crippen LogP contribution in [-0.2, 0) is 25.7 Å². The number of hydrogen-bond acceptors (Lipinski definition) is 5. The van der Waals surface area contributed by atoms with E-state index in [9.17, 15) is 23.6 Å². The predicted molar refractivity (Wildman–Crippen MR) is 98.0 cm³/mol. The number of carbonyl (C=O) groups is 4. The summed E-state index contributed by atoms with van der Waals surface area (Å²) in [5.41, 5.74) is 0.819. The van der Waals surface area contributed by atoms with Gasteiger partial charge in [-0.3, -0.25) is 14.4 Å². The zero-order valence-electron chi connectivity index (χ0n) is 15.5. The maximum absolute atomic E-state index is 12.4. The Labute approximate surface area is 162 Å². The molecule has 9 heteroatoms. The van der Waals surface area contributed by atoms with E-state index >= 15 is 0 Å². The van der Waals surface area contributed by atoms with Crippen molar-refractivity contribution >= 4 is 23.7 Å². The van der Waals surface area contributed by atoms with Gasteiger partial charge in [0.1, 0.15) is 25.9 Å². The first-order valence-electron chi connectivity index (χ1n) is 9.10. The molecular formula is C19H24FN3O5. The number of likely N-dealkylation sites (tertiary alicyclic amines) is 1. The van der Waals surface area contributed by atoms with E-state index in [0.29, 0.717) is 13.0 Å². The van der Waals surface area contributed by atoms with Crippen molar-refractivity contribution in [1.29, 1.82) is 0 Å². The van der Waals surface area contributed by atoms with E-state index in [2.05, 4.69) is 10.6 Å². The topological polar surface area (TPSA) is 105 Å². The van der Waals surface area contributed by atoms with E-state index in [4.69, 9.17) is 4.74 Å². The van der Waals surface area contributed by atoms with Gasteiger partial charge in [-0.25, -0.2) is 9.18 Å². The number of hydrogen-bond donors (Lipinski definition) is 2. The second-order valence-corrected chi connectivity index (χ2v) is 6.40. The van der Waals surface area contributed by atoms with E-state index < -0.39 is 43.0 Å². The zero-order valence-corrected chi connectivity index (χ0v) is 15.5. The Balaban J connectivity index is 1.80. The van der Waals surface area contributed by atoms with E-state index in [1.54, 1.807) is 0 Å². The molecule has 0 aromatic heterocycles. The first-order chi connectivity index (χ1) is 13.5. The van der Waals surface area contributed by atoms with Gasteiger partial charge in [-0.2, -0.15) is 0 Å². The van der Waals surface area contributed by atoms with Gasteiger partial charge < -0.3 is 20.3 Å². The lowest BCUT2D eigenvalue weighted by Gasteiger charge is -2.34. The molecule has 1 aromatic carbocycles. The third kappa shape index (κ3) is 6.64. The normalized spacial score (nSPS) is 16.2. The summed E-state index contributed by atoms with van der Waals surface area (Å²) >= 11 is 0. The number of benzene rings is 1. The molecule has 1 unspecified atom stereocenters. The first-order valence-corrected chi connectivity index (χ1v) is 9.10. The van der Waals surface area contributed by atoms with Crippen LogP contribution in [0.1, 0.15) is 24.8 Å². The van der Waals surface area contributed by atoms with E-state index in [-0.39, 0.29) is 13.2 Å². The second kappa shape index (κ2) is 11.0. The Morgan fingerprint density at radius 2 is 1.82 bits per heavy atom. The fraction of sp³-hybridized carbons (Fsp3) is 0.474. The molecular weight excluding hydrogens is 369 g/mol. The molecule has 152 valence electrons. The number of Topliss-reactive ketones (excluding diaryl/α,β-unsaturated/α-hetero) is 1. The summed E-state index contributed by atoms with van der Waals surface area (Å²) in [7, 11) is 0. The molecule has 0 spiro atoms. The predicted octanol–water partition coefficient (Wildman–Crippen LogP) is 0.949. The van der Waals surface area contributed by atoms with Crippen LogP contribution in [0.4, 0.5) is 9.18 Å². The molecule has 0 aliphatic carbocycles. The number of alkyl halides is 1. The van der Waals surface area contributed by atoms with Crippen molar-refractivity contribution in [3.8, 4) is 0 Å². The lowest BCUT2D eigenvalue weighted by atomic mass is 10.0. The third-order valence-electron chi connectivity index (χ3n) is 4.33. The lowest BCUT2D eigenvalue weighted by molar-refractivity contribution is -0.141. The minimum absolute atomic E-state index is 0.0816. The molecule has 1 atom stereocenters. The average Bonchev–Trinajstić information content (AvgIpc) is 2.74. The van der Waals surface area contributed by atoms with Gasteiger partial charge in [0.05, 0.1) is 6.54 Å². The van der Waals surface area contributed by atoms with Gasteiger partial charge in [-0.15, -0.1) is 0 Å². The highest BCUT2D eigenvalue weighted by atomic mass is 19.1. The fourth-order valence-electron chi connectivity index (χ4n) is 2.88. The van der Waals surface area contributed by atoms with Crippen molar-refractivity contribution in [2.24, 2.45) is 0 Å². The smallest absolute Gasteiger partial charge is 0.407 e. The minimum Gasteiger partial charge on any atom is -0.445 e. The van der Waals surface area contributed by atoms with E-state index in [0.717, 1.165) is 18.4 Å². The number of piperidine rings is 1. The molecule has 1 fully saturated rings. The van der Waals surface area contributed by atoms with Crippen LogP contribution in [0.5, 0.6) is 0 Å². The van der Waals surface area contributed by atoms with Crippen LogP contribution in [0.25, 0.3) is 0 Å². The summed E-state index contributed by atoms with van der Waals surface area (Å²) in [6.07, 6.45) is 1.20. The van der Waals surface area contributed by atoms with Crippen molar-refractivity contribution in [3.05, 3.63) is 35.9 Å². The highest BCUT2D eigenvalue weighted by molar-refractivity contribution is 5.92. The van der Waals surface area contributed by atoms with Gasteiger partial charge >= 0.3 is 6.09 Å². The Morgan fingerprint density at radius 3 is 2.54 bits per heavy atom. The van der Waals surface area contributed by atoms with Crippen LogP contribution in [0.2, 0.25) is 0 Å². The van der Waals surface area contributed by atoms with Gasteiger partial charge in [-0.05, 0) is 24.8 Å². The average molecular weight is 393 g/mol. The highest BCUT2D eigenvalue weighted by Crippen LogP contribution is 2.17. The van der Waals surface area contributed by atoms with Gasteiger partial charge in [0.25, 0.3) is 0 Å². The van der Waals surface area contributed by atoms with Crippen molar-refractivity contribution in [1.82, 2.24) is 15.5 Å². The van der Waals surface area contributed by atoms with Crippen LogP contribution < -0.4 is 10.6 Å². The van der Waals surface area contributed by atoms with Crippen LogP contribution in [0.15, 0.2) is 30.3 Å². The largest absolute Gasteiger partial charge is 0.445 e. The number of amides is 3. The molecule has 0 bridgehead atoms. The van der Waals surface area contributed by atoms with Gasteiger partial charge in [0.15, 0.2) is 5.78 Å². The van der Waals surface area contributed by atoms with E-state index in [1.807, 2.05) is 30.3 Å². The number of nitrogens with one attached hydrogen (secondary N) is 2. The fourth-order valence-corrected chi connectivity index (χ4v) is 2.88. The SMILES string of the molecule is O=C(CF)CNC(=O)C1CCCCN1C(=O)CNC(=O)OCc1ccccc1. The quantitative estimate of drug-likeness (QED) is 0.684. The molecule has 0 saturated carbocycles. The molecule has 1 aromatic rings. The van der Waals surface area contributed by atoms with Crippen LogP contribution in [0, 0.1) is 0 Å². The molecule has 1 aliphatic rings. The molecule has 2 N–H and O–H groups in total. The molecule has 3 amide bonds. The summed E-state index contributed by atoms with van der Waals surface area (Å²) < 4.78 is 17.3. The summed E-state index contributed by atoms with van der Waals surface area (Å²) in [6, 6.07) is 8.37. The summed E-state index contributed by atoms with van der Waals surface area (Å²) in [5.74, 6) is -1.65. The number of carbonyl (C=O) groups excluding carboxylic acids is 4. The molecule has 1 saturated heterocycles. The molecule has 1 aliphatic heterocycles. The van der Waals surface area contributed by atoms with Crippen molar-refractivity contribution < 1.29 is 28.3 Å². The van der Waals surface area contributed by atoms with E-state index in [1.165, 1.54) is 4.90 Å². The van der Waals surface area contributed by atoms with Crippen molar-refractivity contribution in [2.45, 2.75) is 31.9 Å². The van der Waals surface area contributed by atoms with Gasteiger partial charge in [-0.1, -0.05) is 30.3 Å². The molecule has 8 nitrogen and oxygen atoms in total. The van der Waals surface area contributed by atoms with Crippen LogP contribution in [-0.4, -0.2) is 60.9 Å². The second-order valence-electron chi connectivity index (χ2n) is 6.40. The Hall–Kier alpha value is -2.97.